The van der Waals surface area contributed by atoms with E-state index in [-0.39, 0.29) is 5.78 Å². The predicted molar refractivity (Wildman–Crippen MR) is 68.0 cm³/mol. The zero-order valence-corrected chi connectivity index (χ0v) is 10.0. The lowest BCUT2D eigenvalue weighted by atomic mass is 10.1. The summed E-state index contributed by atoms with van der Waals surface area (Å²) >= 11 is 4.73. The molecule has 0 unspecified atom stereocenters. The van der Waals surface area contributed by atoms with Crippen LogP contribution in [0, 0.1) is 0 Å². The molecular weight excluding hydrogens is 222 g/mol. The van der Waals surface area contributed by atoms with E-state index in [1.165, 1.54) is 0 Å². The predicted octanol–water partition coefficient (Wildman–Crippen LogP) is 2.33. The third-order valence-electron chi connectivity index (χ3n) is 2.11. The second-order valence-electron chi connectivity index (χ2n) is 3.37. The number of hydrogen-bond acceptors (Lipinski definition) is 3. The lowest BCUT2D eigenvalue weighted by molar-refractivity contribution is 0.0988. The first kappa shape index (κ1) is 12.6. The summed E-state index contributed by atoms with van der Waals surface area (Å²) in [4.78, 5) is 11.8. The van der Waals surface area contributed by atoms with Crippen molar-refractivity contribution in [1.82, 2.24) is 0 Å². The minimum absolute atomic E-state index is 0.134. The minimum Gasteiger partial charge on any atom is -0.493 e. The normalized spacial score (nSPS) is 9.81. The van der Waals surface area contributed by atoms with Crippen molar-refractivity contribution in [2.75, 3.05) is 6.61 Å². The molecule has 0 saturated carbocycles. The van der Waals surface area contributed by atoms with Gasteiger partial charge in [0.05, 0.1) is 11.6 Å². The molecular formula is C12H15NO2S. The summed E-state index contributed by atoms with van der Waals surface area (Å²) in [5.74, 6) is 0.860. The van der Waals surface area contributed by atoms with Crippen LogP contribution in [0.5, 0.6) is 5.75 Å². The summed E-state index contributed by atoms with van der Waals surface area (Å²) in [6.07, 6.45) is 1.08. The molecule has 3 nitrogen and oxygen atoms in total. The van der Waals surface area contributed by atoms with Gasteiger partial charge in [0.25, 0.3) is 0 Å². The van der Waals surface area contributed by atoms with E-state index in [9.17, 15) is 4.79 Å². The summed E-state index contributed by atoms with van der Waals surface area (Å²) in [5, 5.41) is 0. The van der Waals surface area contributed by atoms with Crippen LogP contribution in [0.4, 0.5) is 0 Å². The molecule has 0 radical (unpaired) electrons. The molecule has 0 saturated heterocycles. The molecule has 0 aliphatic heterocycles. The molecule has 1 rings (SSSR count). The van der Waals surface area contributed by atoms with Crippen molar-refractivity contribution in [2.45, 2.75) is 19.8 Å². The highest BCUT2D eigenvalue weighted by Gasteiger charge is 2.02. The maximum atomic E-state index is 11.4. The zero-order chi connectivity index (χ0) is 12.0. The van der Waals surface area contributed by atoms with Crippen LogP contribution in [0.2, 0.25) is 0 Å². The molecule has 16 heavy (non-hydrogen) atoms. The van der Waals surface area contributed by atoms with E-state index in [4.69, 9.17) is 22.7 Å². The summed E-state index contributed by atoms with van der Waals surface area (Å²) in [7, 11) is 0. The monoisotopic (exact) mass is 237 g/mol. The van der Waals surface area contributed by atoms with E-state index in [0.29, 0.717) is 30.0 Å². The van der Waals surface area contributed by atoms with Crippen LogP contribution >= 0.6 is 12.2 Å². The lowest BCUT2D eigenvalue weighted by Crippen LogP contribution is -2.12. The molecule has 0 heterocycles. The number of carbonyl (C=O) groups excluding carboxylic acids is 1. The van der Waals surface area contributed by atoms with Gasteiger partial charge < -0.3 is 10.5 Å². The van der Waals surface area contributed by atoms with Crippen molar-refractivity contribution in [3.05, 3.63) is 29.8 Å². The molecule has 0 aliphatic rings. The summed E-state index contributed by atoms with van der Waals surface area (Å²) in [5.41, 5.74) is 6.06. The Morgan fingerprint density at radius 2 is 2.00 bits per heavy atom. The number of nitrogens with two attached hydrogens (primary N) is 1. The standard InChI is InChI=1S/C12H15NO2S/c1-2-11(14)9-3-5-10(6-4-9)15-8-7-12(13)16/h3-6H,2,7-8H2,1H3,(H2,13,16). The van der Waals surface area contributed by atoms with Crippen LogP contribution in [-0.2, 0) is 0 Å². The van der Waals surface area contributed by atoms with E-state index in [2.05, 4.69) is 0 Å². The van der Waals surface area contributed by atoms with Gasteiger partial charge >= 0.3 is 0 Å². The van der Waals surface area contributed by atoms with Gasteiger partial charge in [-0.3, -0.25) is 4.79 Å². The van der Waals surface area contributed by atoms with Gasteiger partial charge in [0.2, 0.25) is 0 Å². The highest BCUT2D eigenvalue weighted by molar-refractivity contribution is 7.80. The highest BCUT2D eigenvalue weighted by Crippen LogP contribution is 2.13. The van der Waals surface area contributed by atoms with Gasteiger partial charge in [0, 0.05) is 18.4 Å². The van der Waals surface area contributed by atoms with Gasteiger partial charge in [0.1, 0.15) is 5.75 Å². The van der Waals surface area contributed by atoms with Crippen LogP contribution in [0.1, 0.15) is 30.1 Å². The molecule has 1 aromatic carbocycles. The molecule has 2 N–H and O–H groups in total. The number of carbonyl (C=O) groups is 1. The topological polar surface area (TPSA) is 52.3 Å². The lowest BCUT2D eigenvalue weighted by Gasteiger charge is -2.05. The number of thiocarbonyl (C=S) groups is 1. The van der Waals surface area contributed by atoms with Gasteiger partial charge in [-0.25, -0.2) is 0 Å². The van der Waals surface area contributed by atoms with E-state index in [1.807, 2.05) is 6.92 Å². The number of benzene rings is 1. The Bertz CT molecular complexity index is 373. The minimum atomic E-state index is 0.134. The number of Topliss-reactive ketones (excluding diaryl/α,β-unsaturated/α-hetero) is 1. The van der Waals surface area contributed by atoms with Crippen LogP contribution in [-0.4, -0.2) is 17.4 Å². The Labute approximate surface area is 101 Å². The van der Waals surface area contributed by atoms with Crippen LogP contribution in [0.3, 0.4) is 0 Å². The summed E-state index contributed by atoms with van der Waals surface area (Å²) in [6.45, 7) is 2.31. The third-order valence-corrected chi connectivity index (χ3v) is 2.32. The smallest absolute Gasteiger partial charge is 0.162 e. The molecule has 0 aliphatic carbocycles. The maximum Gasteiger partial charge on any atom is 0.162 e. The number of hydrogen-bond donors (Lipinski definition) is 1. The molecule has 0 spiro atoms. The first-order valence-corrected chi connectivity index (χ1v) is 5.58. The van der Waals surface area contributed by atoms with Crippen LogP contribution in [0.15, 0.2) is 24.3 Å². The molecule has 86 valence electrons. The van der Waals surface area contributed by atoms with E-state index >= 15 is 0 Å². The number of ketones is 1. The van der Waals surface area contributed by atoms with Gasteiger partial charge in [-0.05, 0) is 24.3 Å². The Hall–Kier alpha value is -1.42. The number of rotatable bonds is 6. The molecule has 0 amide bonds. The van der Waals surface area contributed by atoms with Gasteiger partial charge in [-0.1, -0.05) is 19.1 Å². The molecule has 0 atom stereocenters. The highest BCUT2D eigenvalue weighted by atomic mass is 32.1. The summed E-state index contributed by atoms with van der Waals surface area (Å²) < 4.78 is 5.41. The van der Waals surface area contributed by atoms with Gasteiger partial charge in [0.15, 0.2) is 5.78 Å². The quantitative estimate of drug-likeness (QED) is 0.609. The zero-order valence-electron chi connectivity index (χ0n) is 9.23. The van der Waals surface area contributed by atoms with E-state index in [1.54, 1.807) is 24.3 Å². The first-order chi connectivity index (χ1) is 7.63. The molecule has 0 bridgehead atoms. The Morgan fingerprint density at radius 1 is 1.38 bits per heavy atom. The van der Waals surface area contributed by atoms with E-state index in [0.717, 1.165) is 5.75 Å². The average molecular weight is 237 g/mol. The van der Waals surface area contributed by atoms with Crippen LogP contribution in [0.25, 0.3) is 0 Å². The van der Waals surface area contributed by atoms with Crippen LogP contribution < -0.4 is 10.5 Å². The fourth-order valence-electron chi connectivity index (χ4n) is 1.21. The van der Waals surface area contributed by atoms with Crippen molar-refractivity contribution in [3.8, 4) is 5.75 Å². The SMILES string of the molecule is CCC(=O)c1ccc(OCCC(N)=S)cc1. The molecule has 1 aromatic rings. The van der Waals surface area contributed by atoms with Crippen molar-refractivity contribution in [3.63, 3.8) is 0 Å². The summed E-state index contributed by atoms with van der Waals surface area (Å²) in [6, 6.07) is 7.09. The van der Waals surface area contributed by atoms with Crippen molar-refractivity contribution in [1.29, 1.82) is 0 Å². The van der Waals surface area contributed by atoms with E-state index < -0.39 is 0 Å². The molecule has 0 aromatic heterocycles. The van der Waals surface area contributed by atoms with Gasteiger partial charge in [-0.2, -0.15) is 0 Å². The van der Waals surface area contributed by atoms with Crippen molar-refractivity contribution >= 4 is 23.0 Å². The van der Waals surface area contributed by atoms with Crippen molar-refractivity contribution < 1.29 is 9.53 Å². The third kappa shape index (κ3) is 3.98. The van der Waals surface area contributed by atoms with Crippen molar-refractivity contribution in [2.24, 2.45) is 5.73 Å². The number of ether oxygens (including phenoxy) is 1. The Balaban J connectivity index is 2.51. The second kappa shape index (κ2) is 6.23. The fraction of sp³-hybridized carbons (Fsp3) is 0.333. The first-order valence-electron chi connectivity index (χ1n) is 5.18. The second-order valence-corrected chi connectivity index (χ2v) is 3.89. The Kier molecular flexibility index (Phi) is 4.92. The largest absolute Gasteiger partial charge is 0.493 e. The van der Waals surface area contributed by atoms with Gasteiger partial charge in [-0.15, -0.1) is 0 Å². The molecule has 4 heteroatoms. The average Bonchev–Trinajstić information content (AvgIpc) is 2.28. The molecule has 0 fully saturated rings. The Morgan fingerprint density at radius 3 is 2.50 bits per heavy atom. The fourth-order valence-corrected chi connectivity index (χ4v) is 1.29. The maximum absolute atomic E-state index is 11.4.